The monoisotopic (exact) mass is 180 g/mol. The summed E-state index contributed by atoms with van der Waals surface area (Å²) < 4.78 is 4.56. The fourth-order valence-electron chi connectivity index (χ4n) is 1.03. The quantitative estimate of drug-likeness (QED) is 0.290. The third-order valence-electron chi connectivity index (χ3n) is 1.91. The molecular formula is C6H12O6. The molecule has 0 aromatic carbocycles. The molecule has 72 valence electrons. The Morgan fingerprint density at radius 3 is 2.42 bits per heavy atom. The highest BCUT2D eigenvalue weighted by Crippen LogP contribution is 2.22. The molecular weight excluding hydrogens is 168 g/mol. The van der Waals surface area contributed by atoms with Crippen molar-refractivity contribution in [2.75, 3.05) is 13.2 Å². The van der Waals surface area contributed by atoms with Gasteiger partial charge in [-0.15, -0.1) is 0 Å². The molecule has 12 heavy (non-hydrogen) atoms. The molecule has 1 fully saturated rings. The predicted octanol–water partition coefficient (Wildman–Crippen LogP) is -3.22. The average Bonchev–Trinajstić information content (AvgIpc) is 2.09. The summed E-state index contributed by atoms with van der Waals surface area (Å²) in [6.07, 6.45) is -4.45. The molecule has 0 amide bonds. The van der Waals surface area contributed by atoms with E-state index >= 15 is 0 Å². The van der Waals surface area contributed by atoms with E-state index in [1.165, 1.54) is 0 Å². The highest BCUT2D eigenvalue weighted by atomic mass is 16.7. The molecule has 3 unspecified atom stereocenters. The van der Waals surface area contributed by atoms with Crippen LogP contribution in [-0.2, 0) is 4.74 Å². The minimum atomic E-state index is -2.17. The van der Waals surface area contributed by atoms with Crippen LogP contribution in [0.2, 0.25) is 0 Å². The van der Waals surface area contributed by atoms with Crippen LogP contribution < -0.4 is 0 Å². The smallest absolute Gasteiger partial charge is 0.218 e. The summed E-state index contributed by atoms with van der Waals surface area (Å²) in [4.78, 5) is 0. The molecule has 6 heteroatoms. The van der Waals surface area contributed by atoms with E-state index in [0.717, 1.165) is 0 Å². The summed E-state index contributed by atoms with van der Waals surface area (Å²) in [7, 11) is 0. The maximum Gasteiger partial charge on any atom is 0.218 e. The van der Waals surface area contributed by atoms with Crippen LogP contribution in [0.1, 0.15) is 0 Å². The van der Waals surface area contributed by atoms with Gasteiger partial charge in [-0.1, -0.05) is 0 Å². The van der Waals surface area contributed by atoms with Gasteiger partial charge in [-0.2, -0.15) is 0 Å². The molecule has 0 aliphatic carbocycles. The second-order valence-electron chi connectivity index (χ2n) is 2.82. The van der Waals surface area contributed by atoms with Gasteiger partial charge in [-0.3, -0.25) is 0 Å². The van der Waals surface area contributed by atoms with Crippen LogP contribution in [-0.4, -0.2) is 62.8 Å². The first-order valence-corrected chi connectivity index (χ1v) is 3.52. The Kier molecular flexibility index (Phi) is 2.67. The minimum absolute atomic E-state index is 0.324. The van der Waals surface area contributed by atoms with Crippen LogP contribution in [0.3, 0.4) is 0 Å². The zero-order valence-corrected chi connectivity index (χ0v) is 6.29. The Balaban J connectivity index is 2.71. The lowest BCUT2D eigenvalue weighted by Crippen LogP contribution is -2.62. The van der Waals surface area contributed by atoms with Crippen molar-refractivity contribution in [3.8, 4) is 0 Å². The van der Waals surface area contributed by atoms with Gasteiger partial charge in [-0.05, 0) is 0 Å². The highest BCUT2D eigenvalue weighted by Gasteiger charge is 2.47. The molecule has 1 heterocycles. The average molecular weight is 180 g/mol. The van der Waals surface area contributed by atoms with E-state index in [9.17, 15) is 5.11 Å². The summed E-state index contributed by atoms with van der Waals surface area (Å²) in [6.45, 7) is -1.16. The molecule has 5 N–H and O–H groups in total. The fraction of sp³-hybridized carbons (Fsp3) is 1.00. The first-order valence-electron chi connectivity index (χ1n) is 3.52. The summed E-state index contributed by atoms with van der Waals surface area (Å²) in [5.41, 5.74) is 0. The van der Waals surface area contributed by atoms with Crippen molar-refractivity contribution >= 4 is 0 Å². The van der Waals surface area contributed by atoms with Crippen molar-refractivity contribution in [3.63, 3.8) is 0 Å². The molecule has 1 saturated heterocycles. The molecule has 0 bridgehead atoms. The van der Waals surface area contributed by atoms with E-state index < -0.39 is 30.7 Å². The van der Waals surface area contributed by atoms with Crippen molar-refractivity contribution in [2.45, 2.75) is 24.1 Å². The second kappa shape index (κ2) is 3.25. The normalized spacial score (nSPS) is 49.2. The topological polar surface area (TPSA) is 110 Å². The van der Waals surface area contributed by atoms with Crippen molar-refractivity contribution in [1.82, 2.24) is 0 Å². The molecule has 1 aliphatic heterocycles. The van der Waals surface area contributed by atoms with Crippen molar-refractivity contribution in [2.24, 2.45) is 0 Å². The highest BCUT2D eigenvalue weighted by molar-refractivity contribution is 4.90. The third-order valence-corrected chi connectivity index (χ3v) is 1.91. The molecule has 1 aliphatic rings. The van der Waals surface area contributed by atoms with Gasteiger partial charge in [-0.25, -0.2) is 0 Å². The first kappa shape index (κ1) is 9.85. The van der Waals surface area contributed by atoms with Crippen LogP contribution in [0.5, 0.6) is 0 Å². The minimum Gasteiger partial charge on any atom is -0.391 e. The number of aliphatic hydroxyl groups excluding tert-OH is 4. The zero-order valence-electron chi connectivity index (χ0n) is 6.29. The van der Waals surface area contributed by atoms with E-state index in [-0.39, 0.29) is 6.61 Å². The Labute approximate surface area is 68.6 Å². The Morgan fingerprint density at radius 2 is 1.92 bits per heavy atom. The van der Waals surface area contributed by atoms with Gasteiger partial charge >= 0.3 is 0 Å². The molecule has 4 atom stereocenters. The van der Waals surface area contributed by atoms with Gasteiger partial charge in [0.1, 0.15) is 18.3 Å². The number of ether oxygens (including phenoxy) is 1. The van der Waals surface area contributed by atoms with Gasteiger partial charge in [0.2, 0.25) is 5.79 Å². The van der Waals surface area contributed by atoms with E-state index in [1.54, 1.807) is 0 Å². The summed E-state index contributed by atoms with van der Waals surface area (Å²) in [6, 6.07) is 0. The molecule has 0 radical (unpaired) electrons. The number of aliphatic hydroxyl groups is 5. The largest absolute Gasteiger partial charge is 0.391 e. The molecule has 1 rings (SSSR count). The molecule has 0 spiro atoms. The van der Waals surface area contributed by atoms with Gasteiger partial charge in [0.15, 0.2) is 0 Å². The van der Waals surface area contributed by atoms with Gasteiger partial charge in [0.05, 0.1) is 13.2 Å². The second-order valence-corrected chi connectivity index (χ2v) is 2.82. The standard InChI is InChI=1S/C6H12O6/c7-2-6(11)5(10)4(9)3(8)1-12-6/h3-5,7-11H,1-2H2/t3-,4?,5?,6?/m1/s1. The van der Waals surface area contributed by atoms with E-state index in [1.807, 2.05) is 0 Å². The van der Waals surface area contributed by atoms with E-state index in [0.29, 0.717) is 0 Å². The van der Waals surface area contributed by atoms with Crippen molar-refractivity contribution in [3.05, 3.63) is 0 Å². The lowest BCUT2D eigenvalue weighted by Gasteiger charge is -2.40. The van der Waals surface area contributed by atoms with Crippen LogP contribution in [0.25, 0.3) is 0 Å². The Hall–Kier alpha value is -0.240. The predicted molar refractivity (Wildman–Crippen MR) is 36.0 cm³/mol. The number of hydrogen-bond donors (Lipinski definition) is 5. The van der Waals surface area contributed by atoms with Gasteiger partial charge in [0.25, 0.3) is 0 Å². The Morgan fingerprint density at radius 1 is 1.33 bits per heavy atom. The van der Waals surface area contributed by atoms with Gasteiger partial charge < -0.3 is 30.3 Å². The van der Waals surface area contributed by atoms with Crippen molar-refractivity contribution < 1.29 is 30.3 Å². The van der Waals surface area contributed by atoms with E-state index in [4.69, 9.17) is 20.4 Å². The molecule has 0 saturated carbocycles. The molecule has 0 aromatic rings. The van der Waals surface area contributed by atoms with E-state index in [2.05, 4.69) is 4.74 Å². The molecule has 6 nitrogen and oxygen atoms in total. The third kappa shape index (κ3) is 1.45. The van der Waals surface area contributed by atoms with Crippen LogP contribution in [0.15, 0.2) is 0 Å². The first-order chi connectivity index (χ1) is 5.51. The zero-order chi connectivity index (χ0) is 9.35. The summed E-state index contributed by atoms with van der Waals surface area (Å²) in [5.74, 6) is -2.17. The fourth-order valence-corrected chi connectivity index (χ4v) is 1.03. The van der Waals surface area contributed by atoms with Crippen LogP contribution in [0.4, 0.5) is 0 Å². The maximum atomic E-state index is 9.24. The molecule has 0 aromatic heterocycles. The summed E-state index contributed by atoms with van der Waals surface area (Å²) >= 11 is 0. The lowest BCUT2D eigenvalue weighted by molar-refractivity contribution is -0.331. The van der Waals surface area contributed by atoms with Gasteiger partial charge in [0, 0.05) is 0 Å². The Bertz CT molecular complexity index is 162. The SMILES string of the molecule is OCC1(O)OC[C@@H](O)C(O)C1O. The summed E-state index contributed by atoms with van der Waals surface area (Å²) in [5, 5.41) is 45.0. The maximum absolute atomic E-state index is 9.24. The lowest BCUT2D eigenvalue weighted by atomic mass is 9.98. The van der Waals surface area contributed by atoms with Crippen molar-refractivity contribution in [1.29, 1.82) is 0 Å². The van der Waals surface area contributed by atoms with Crippen LogP contribution in [0, 0.1) is 0 Å². The van der Waals surface area contributed by atoms with Crippen LogP contribution >= 0.6 is 0 Å². The number of hydrogen-bond acceptors (Lipinski definition) is 6. The number of rotatable bonds is 1.